The van der Waals surface area contributed by atoms with Crippen LogP contribution in [0.25, 0.3) is 0 Å². The van der Waals surface area contributed by atoms with Crippen molar-refractivity contribution >= 4 is 17.8 Å². The van der Waals surface area contributed by atoms with Crippen LogP contribution in [-0.4, -0.2) is 42.1 Å². The molecule has 1 aliphatic rings. The van der Waals surface area contributed by atoms with Crippen molar-refractivity contribution in [3.63, 3.8) is 0 Å². The van der Waals surface area contributed by atoms with Gasteiger partial charge in [0.1, 0.15) is 6.10 Å². The molecule has 3 rings (SSSR count). The van der Waals surface area contributed by atoms with E-state index in [1.165, 1.54) is 0 Å². The minimum absolute atomic E-state index is 0.00272. The van der Waals surface area contributed by atoms with Crippen LogP contribution in [-0.2, 0) is 25.5 Å². The fourth-order valence-corrected chi connectivity index (χ4v) is 4.05. The van der Waals surface area contributed by atoms with Crippen LogP contribution in [0.4, 0.5) is 0 Å². The third-order valence-corrected chi connectivity index (χ3v) is 5.96. The van der Waals surface area contributed by atoms with Crippen LogP contribution in [0.3, 0.4) is 0 Å². The lowest BCUT2D eigenvalue weighted by Gasteiger charge is -2.22. The molecule has 0 bridgehead atoms. The molecule has 0 radical (unpaired) electrons. The molecule has 3 N–H and O–H groups in total. The first kappa shape index (κ1) is 26.2. The van der Waals surface area contributed by atoms with E-state index in [9.17, 15) is 19.5 Å². The summed E-state index contributed by atoms with van der Waals surface area (Å²) in [4.78, 5) is 38.1. The number of hydrogen-bond donors (Lipinski definition) is 3. The molecule has 2 aromatic carbocycles. The minimum atomic E-state index is -0.597. The van der Waals surface area contributed by atoms with Crippen molar-refractivity contribution in [2.75, 3.05) is 13.2 Å². The molecule has 0 saturated carbocycles. The minimum Gasteiger partial charge on any atom is -0.456 e. The lowest BCUT2D eigenvalue weighted by atomic mass is 9.98. The summed E-state index contributed by atoms with van der Waals surface area (Å²) < 4.78 is 5.65. The molecule has 0 fully saturated rings. The summed E-state index contributed by atoms with van der Waals surface area (Å²) in [5, 5.41) is 15.5. The van der Waals surface area contributed by atoms with Crippen molar-refractivity contribution in [1.29, 1.82) is 0 Å². The number of ether oxygens (including phenoxy) is 1. The van der Waals surface area contributed by atoms with E-state index >= 15 is 0 Å². The summed E-state index contributed by atoms with van der Waals surface area (Å²) in [7, 11) is 0. The summed E-state index contributed by atoms with van der Waals surface area (Å²) in [5.41, 5.74) is 1.81. The van der Waals surface area contributed by atoms with Gasteiger partial charge in [-0.1, -0.05) is 72.8 Å². The van der Waals surface area contributed by atoms with Crippen LogP contribution in [0.2, 0.25) is 0 Å². The molecule has 0 aromatic heterocycles. The number of carbonyl (C=O) groups is 3. The molecule has 1 aliphatic heterocycles. The van der Waals surface area contributed by atoms with E-state index in [-0.39, 0.29) is 37.4 Å². The molecule has 0 unspecified atom stereocenters. The monoisotopic (exact) mass is 478 g/mol. The molecule has 186 valence electrons. The van der Waals surface area contributed by atoms with Crippen LogP contribution in [0.5, 0.6) is 0 Å². The van der Waals surface area contributed by atoms with Crippen molar-refractivity contribution < 1.29 is 24.2 Å². The van der Waals surface area contributed by atoms with Gasteiger partial charge < -0.3 is 20.5 Å². The Kier molecular flexibility index (Phi) is 10.5. The van der Waals surface area contributed by atoms with Crippen molar-refractivity contribution in [1.82, 2.24) is 10.6 Å². The standard InChI is InChI=1S/C28H34N2O5/c31-20-24(17-21-11-5-3-6-12-21)30-26(32)18-23-15-7-1-2-10-16-27(33)35-25(19-29-28(23)34)22-13-8-4-9-14-22/h1,3-9,11-14,23-25,31H,2,10,15-20H2,(H,29,34)(H,30,32)/t23-,24-,25-/m1/s1. The smallest absolute Gasteiger partial charge is 0.306 e. The van der Waals surface area contributed by atoms with Crippen LogP contribution in [0.15, 0.2) is 72.8 Å². The molecule has 0 aliphatic carbocycles. The molecule has 7 nitrogen and oxygen atoms in total. The number of cyclic esters (lactones) is 1. The third kappa shape index (κ3) is 9.02. The van der Waals surface area contributed by atoms with Crippen molar-refractivity contribution in [3.8, 4) is 0 Å². The fraction of sp³-hybridized carbons (Fsp3) is 0.393. The number of nitrogens with one attached hydrogen (secondary N) is 2. The average molecular weight is 479 g/mol. The summed E-state index contributed by atoms with van der Waals surface area (Å²) in [6.45, 7) is -0.0643. The van der Waals surface area contributed by atoms with E-state index in [0.29, 0.717) is 32.1 Å². The largest absolute Gasteiger partial charge is 0.456 e. The maximum Gasteiger partial charge on any atom is 0.306 e. The number of esters is 1. The van der Waals surface area contributed by atoms with E-state index in [2.05, 4.69) is 10.6 Å². The van der Waals surface area contributed by atoms with E-state index in [0.717, 1.165) is 11.1 Å². The highest BCUT2D eigenvalue weighted by Crippen LogP contribution is 2.20. The van der Waals surface area contributed by atoms with Gasteiger partial charge in [-0.3, -0.25) is 14.4 Å². The highest BCUT2D eigenvalue weighted by molar-refractivity contribution is 5.86. The zero-order valence-corrected chi connectivity index (χ0v) is 19.9. The maximum absolute atomic E-state index is 13.0. The zero-order valence-electron chi connectivity index (χ0n) is 19.9. The Morgan fingerprint density at radius 2 is 1.77 bits per heavy atom. The second kappa shape index (κ2) is 14.1. The predicted molar refractivity (Wildman–Crippen MR) is 133 cm³/mol. The van der Waals surface area contributed by atoms with Gasteiger partial charge in [-0.15, -0.1) is 0 Å². The Hall–Kier alpha value is -3.45. The maximum atomic E-state index is 13.0. The van der Waals surface area contributed by atoms with Gasteiger partial charge in [0.15, 0.2) is 0 Å². The van der Waals surface area contributed by atoms with Crippen LogP contribution in [0.1, 0.15) is 49.3 Å². The highest BCUT2D eigenvalue weighted by atomic mass is 16.5. The van der Waals surface area contributed by atoms with Gasteiger partial charge in [0.25, 0.3) is 0 Å². The number of amides is 2. The Labute approximate surface area is 206 Å². The van der Waals surface area contributed by atoms with Crippen LogP contribution >= 0.6 is 0 Å². The molecule has 1 heterocycles. The lowest BCUT2D eigenvalue weighted by molar-refractivity contribution is -0.150. The van der Waals surface area contributed by atoms with E-state index in [1.54, 1.807) is 0 Å². The normalized spacial score (nSPS) is 20.4. The molecular formula is C28H34N2O5. The Balaban J connectivity index is 1.65. The van der Waals surface area contributed by atoms with Gasteiger partial charge in [-0.25, -0.2) is 0 Å². The van der Waals surface area contributed by atoms with Gasteiger partial charge in [0.05, 0.1) is 25.1 Å². The number of allylic oxidation sites excluding steroid dienone is 2. The molecule has 35 heavy (non-hydrogen) atoms. The van der Waals surface area contributed by atoms with Crippen LogP contribution < -0.4 is 10.6 Å². The number of benzene rings is 2. The molecule has 0 saturated heterocycles. The summed E-state index contributed by atoms with van der Waals surface area (Å²) in [5.74, 6) is -1.44. The number of rotatable bonds is 7. The van der Waals surface area contributed by atoms with Gasteiger partial charge in [0.2, 0.25) is 11.8 Å². The van der Waals surface area contributed by atoms with Crippen molar-refractivity contribution in [2.45, 2.75) is 50.7 Å². The third-order valence-electron chi connectivity index (χ3n) is 5.96. The zero-order chi connectivity index (χ0) is 24.9. The van der Waals surface area contributed by atoms with Crippen LogP contribution in [0, 0.1) is 5.92 Å². The average Bonchev–Trinajstić information content (AvgIpc) is 2.89. The van der Waals surface area contributed by atoms with E-state index < -0.39 is 18.1 Å². The van der Waals surface area contributed by atoms with Crippen molar-refractivity contribution in [2.24, 2.45) is 5.92 Å². The molecular weight excluding hydrogens is 444 g/mol. The first-order valence-corrected chi connectivity index (χ1v) is 12.2. The highest BCUT2D eigenvalue weighted by Gasteiger charge is 2.25. The Morgan fingerprint density at radius 1 is 1.06 bits per heavy atom. The molecule has 3 atom stereocenters. The number of hydrogen-bond acceptors (Lipinski definition) is 5. The molecule has 7 heteroatoms. The fourth-order valence-electron chi connectivity index (χ4n) is 4.05. The molecule has 0 spiro atoms. The Morgan fingerprint density at radius 3 is 2.49 bits per heavy atom. The second-order valence-corrected chi connectivity index (χ2v) is 8.77. The van der Waals surface area contributed by atoms with E-state index in [1.807, 2.05) is 72.8 Å². The van der Waals surface area contributed by atoms with Gasteiger partial charge in [-0.2, -0.15) is 0 Å². The topological polar surface area (TPSA) is 105 Å². The number of carbonyl (C=O) groups excluding carboxylic acids is 3. The first-order chi connectivity index (χ1) is 17.0. The molecule has 2 aromatic rings. The van der Waals surface area contributed by atoms with E-state index in [4.69, 9.17) is 4.74 Å². The SMILES string of the molecule is O=C(C[C@H]1CC=CCCCC(=O)O[C@@H](c2ccccc2)CNC1=O)N[C@@H](CO)Cc1ccccc1. The summed E-state index contributed by atoms with van der Waals surface area (Å²) in [6.07, 6.45) is 5.79. The van der Waals surface area contributed by atoms with Gasteiger partial charge in [0, 0.05) is 12.8 Å². The Bertz CT molecular complexity index is 977. The quantitative estimate of drug-likeness (QED) is 0.419. The lowest BCUT2D eigenvalue weighted by Crippen LogP contribution is -2.42. The second-order valence-electron chi connectivity index (χ2n) is 8.77. The van der Waals surface area contributed by atoms with Gasteiger partial charge >= 0.3 is 5.97 Å². The summed E-state index contributed by atoms with van der Waals surface area (Å²) >= 11 is 0. The summed E-state index contributed by atoms with van der Waals surface area (Å²) in [6, 6.07) is 18.5. The number of aliphatic hydroxyl groups excluding tert-OH is 1. The molecule has 2 amide bonds. The first-order valence-electron chi connectivity index (χ1n) is 12.2. The predicted octanol–water partition coefficient (Wildman–Crippen LogP) is 3.24. The van der Waals surface area contributed by atoms with Crippen molar-refractivity contribution in [3.05, 3.63) is 83.9 Å². The number of aliphatic hydroxyl groups is 1. The van der Waals surface area contributed by atoms with Gasteiger partial charge in [-0.05, 0) is 36.8 Å².